The minimum Gasteiger partial charge on any atom is -0.447 e. The van der Waals surface area contributed by atoms with Crippen LogP contribution in [-0.4, -0.2) is 17.9 Å². The smallest absolute Gasteiger partial charge is 0.224 e. The van der Waals surface area contributed by atoms with Gasteiger partial charge < -0.3 is 4.74 Å². The summed E-state index contributed by atoms with van der Waals surface area (Å²) >= 11 is -0.0308. The molecule has 2 aromatic carbocycles. The van der Waals surface area contributed by atoms with Gasteiger partial charge in [-0.05, 0) is 30.7 Å². The second-order valence-corrected chi connectivity index (χ2v) is 6.70. The van der Waals surface area contributed by atoms with E-state index in [1.54, 1.807) is 0 Å². The van der Waals surface area contributed by atoms with Crippen LogP contribution in [0.3, 0.4) is 0 Å². The molecule has 1 aliphatic rings. The van der Waals surface area contributed by atoms with Gasteiger partial charge in [-0.25, -0.2) is 0 Å². The quantitative estimate of drug-likeness (QED) is 0.780. The average molecular weight is 272 g/mol. The normalized spacial score (nSPS) is 13.8. The SMILES string of the molecule is CCCN(C)[S+]1c2ccccc2Oc2ccccc21. The standard InChI is InChI=1S/C16H18NOS/c1-3-12-17(2)19-15-10-6-4-8-13(15)18-14-9-5-7-11-16(14)19/h4-11H,3,12H2,1-2H3/q+1. The van der Waals surface area contributed by atoms with Crippen LogP contribution in [0.15, 0.2) is 58.3 Å². The molecule has 98 valence electrons. The molecule has 19 heavy (non-hydrogen) atoms. The fourth-order valence-corrected chi connectivity index (χ4v) is 4.66. The molecule has 2 nitrogen and oxygen atoms in total. The Morgan fingerprint density at radius 1 is 0.947 bits per heavy atom. The van der Waals surface area contributed by atoms with Crippen LogP contribution in [0, 0.1) is 0 Å². The summed E-state index contributed by atoms with van der Waals surface area (Å²) < 4.78 is 8.45. The number of benzene rings is 2. The minimum absolute atomic E-state index is 0.0308. The number of fused-ring (bicyclic) bond motifs is 2. The fraction of sp³-hybridized carbons (Fsp3) is 0.250. The van der Waals surface area contributed by atoms with Crippen molar-refractivity contribution in [2.24, 2.45) is 0 Å². The Labute approximate surface area is 117 Å². The summed E-state index contributed by atoms with van der Waals surface area (Å²) in [6.45, 7) is 3.31. The number of rotatable bonds is 3. The van der Waals surface area contributed by atoms with Crippen LogP contribution >= 0.6 is 0 Å². The second-order valence-electron chi connectivity index (χ2n) is 4.63. The lowest BCUT2D eigenvalue weighted by molar-refractivity contribution is 0.444. The van der Waals surface area contributed by atoms with Gasteiger partial charge >= 0.3 is 0 Å². The molecular formula is C16H18NOS+. The summed E-state index contributed by atoms with van der Waals surface area (Å²) in [7, 11) is 2.20. The summed E-state index contributed by atoms with van der Waals surface area (Å²) in [5.41, 5.74) is 0. The van der Waals surface area contributed by atoms with Gasteiger partial charge in [-0.2, -0.15) is 0 Å². The lowest BCUT2D eigenvalue weighted by Crippen LogP contribution is -2.30. The Balaban J connectivity index is 2.11. The third-order valence-corrected chi connectivity index (χ3v) is 5.50. The number of ether oxygens (including phenoxy) is 1. The van der Waals surface area contributed by atoms with Crippen molar-refractivity contribution >= 4 is 11.1 Å². The molecule has 0 saturated heterocycles. The van der Waals surface area contributed by atoms with Gasteiger partial charge in [0.25, 0.3) is 0 Å². The molecule has 1 heterocycles. The van der Waals surface area contributed by atoms with E-state index >= 15 is 0 Å². The summed E-state index contributed by atoms with van der Waals surface area (Å²) in [5.74, 6) is 1.99. The first-order valence-corrected chi connectivity index (χ1v) is 7.81. The zero-order valence-corrected chi connectivity index (χ0v) is 12.1. The van der Waals surface area contributed by atoms with Crippen molar-refractivity contribution in [3.8, 4) is 11.5 Å². The Bertz CT molecular complexity index is 539. The van der Waals surface area contributed by atoms with Crippen molar-refractivity contribution in [2.45, 2.75) is 23.1 Å². The van der Waals surface area contributed by atoms with Gasteiger partial charge in [0.1, 0.15) is 0 Å². The Kier molecular flexibility index (Phi) is 3.49. The van der Waals surface area contributed by atoms with Gasteiger partial charge in [-0.1, -0.05) is 31.2 Å². The van der Waals surface area contributed by atoms with Gasteiger partial charge in [-0.15, -0.1) is 4.31 Å². The maximum Gasteiger partial charge on any atom is 0.224 e. The highest BCUT2D eigenvalue weighted by atomic mass is 32.2. The lowest BCUT2D eigenvalue weighted by atomic mass is 10.3. The van der Waals surface area contributed by atoms with E-state index in [4.69, 9.17) is 4.74 Å². The fourth-order valence-electron chi connectivity index (χ4n) is 2.37. The first kappa shape index (κ1) is 12.6. The molecule has 0 aromatic heterocycles. The molecule has 1 aliphatic heterocycles. The Morgan fingerprint density at radius 2 is 1.47 bits per heavy atom. The van der Waals surface area contributed by atoms with E-state index in [-0.39, 0.29) is 11.1 Å². The van der Waals surface area contributed by atoms with Crippen LogP contribution in [0.4, 0.5) is 0 Å². The maximum absolute atomic E-state index is 6.02. The first-order valence-electron chi connectivity index (χ1n) is 6.62. The Hall–Kier alpha value is -1.45. The van der Waals surface area contributed by atoms with E-state index in [0.29, 0.717) is 0 Å². The highest BCUT2D eigenvalue weighted by Crippen LogP contribution is 2.44. The third-order valence-electron chi connectivity index (χ3n) is 3.19. The van der Waals surface area contributed by atoms with Gasteiger partial charge in [-0.3, -0.25) is 0 Å². The molecule has 0 fully saturated rings. The van der Waals surface area contributed by atoms with Gasteiger partial charge in [0.2, 0.25) is 9.79 Å². The van der Waals surface area contributed by atoms with Crippen molar-refractivity contribution in [1.29, 1.82) is 0 Å². The number of para-hydroxylation sites is 2. The summed E-state index contributed by atoms with van der Waals surface area (Å²) in [5, 5.41) is 0. The molecular weight excluding hydrogens is 254 g/mol. The third kappa shape index (κ3) is 2.24. The van der Waals surface area contributed by atoms with E-state index < -0.39 is 0 Å². The van der Waals surface area contributed by atoms with Crippen LogP contribution < -0.4 is 4.74 Å². The van der Waals surface area contributed by atoms with Crippen LogP contribution in [0.2, 0.25) is 0 Å². The molecule has 0 unspecified atom stereocenters. The predicted molar refractivity (Wildman–Crippen MR) is 79.8 cm³/mol. The highest BCUT2D eigenvalue weighted by molar-refractivity contribution is 7.95. The molecule has 0 radical (unpaired) electrons. The molecule has 3 rings (SSSR count). The van der Waals surface area contributed by atoms with Crippen LogP contribution in [0.1, 0.15) is 13.3 Å². The monoisotopic (exact) mass is 272 g/mol. The molecule has 0 saturated carbocycles. The molecule has 0 N–H and O–H groups in total. The van der Waals surface area contributed by atoms with Gasteiger partial charge in [0.15, 0.2) is 22.6 Å². The summed E-state index contributed by atoms with van der Waals surface area (Å²) in [4.78, 5) is 2.58. The van der Waals surface area contributed by atoms with Gasteiger partial charge in [0.05, 0.1) is 0 Å². The number of hydrogen-bond donors (Lipinski definition) is 0. The number of nitrogens with zero attached hydrogens (tertiary/aromatic N) is 1. The maximum atomic E-state index is 6.02. The van der Waals surface area contributed by atoms with Crippen molar-refractivity contribution in [3.05, 3.63) is 48.5 Å². The van der Waals surface area contributed by atoms with Crippen LogP contribution in [0.25, 0.3) is 0 Å². The zero-order chi connectivity index (χ0) is 13.2. The van der Waals surface area contributed by atoms with Crippen molar-refractivity contribution in [1.82, 2.24) is 4.31 Å². The van der Waals surface area contributed by atoms with Gasteiger partial charge in [0, 0.05) is 13.6 Å². The topological polar surface area (TPSA) is 12.5 Å². The Morgan fingerprint density at radius 3 is 2.00 bits per heavy atom. The molecule has 2 aromatic rings. The molecule has 0 atom stereocenters. The predicted octanol–water partition coefficient (Wildman–Crippen LogP) is 4.09. The van der Waals surface area contributed by atoms with E-state index in [1.807, 2.05) is 12.1 Å². The van der Waals surface area contributed by atoms with E-state index in [9.17, 15) is 0 Å². The van der Waals surface area contributed by atoms with Crippen molar-refractivity contribution in [2.75, 3.05) is 13.6 Å². The largest absolute Gasteiger partial charge is 0.447 e. The van der Waals surface area contributed by atoms with E-state index in [2.05, 4.69) is 54.7 Å². The zero-order valence-electron chi connectivity index (χ0n) is 11.3. The second kappa shape index (κ2) is 5.27. The van der Waals surface area contributed by atoms with E-state index in [1.165, 1.54) is 9.79 Å². The molecule has 0 aliphatic carbocycles. The summed E-state index contributed by atoms with van der Waals surface area (Å²) in [6.07, 6.45) is 1.16. The van der Waals surface area contributed by atoms with Crippen molar-refractivity contribution in [3.63, 3.8) is 0 Å². The van der Waals surface area contributed by atoms with Crippen LogP contribution in [-0.2, 0) is 11.1 Å². The van der Waals surface area contributed by atoms with Crippen LogP contribution in [0.5, 0.6) is 11.5 Å². The molecule has 0 spiro atoms. The highest BCUT2D eigenvalue weighted by Gasteiger charge is 2.40. The lowest BCUT2D eigenvalue weighted by Gasteiger charge is -2.23. The van der Waals surface area contributed by atoms with E-state index in [0.717, 1.165) is 24.5 Å². The molecule has 0 amide bonds. The van der Waals surface area contributed by atoms with Crippen molar-refractivity contribution < 1.29 is 4.74 Å². The summed E-state index contributed by atoms with van der Waals surface area (Å²) in [6, 6.07) is 16.7. The first-order chi connectivity index (χ1) is 9.31. The number of hydrogen-bond acceptors (Lipinski definition) is 2. The average Bonchev–Trinajstić information content (AvgIpc) is 2.44. The molecule has 0 bridgehead atoms. The molecule has 3 heteroatoms. The minimum atomic E-state index is -0.0308.